The van der Waals surface area contributed by atoms with Crippen LogP contribution in [0.5, 0.6) is 11.8 Å². The van der Waals surface area contributed by atoms with Gasteiger partial charge in [-0.15, -0.1) is 0 Å². The molecule has 0 atom stereocenters. The lowest BCUT2D eigenvalue weighted by molar-refractivity contribution is 0.300. The molecule has 6 rings (SSSR count). The third kappa shape index (κ3) is 3.98. The van der Waals surface area contributed by atoms with Crippen LogP contribution < -0.4 is 15.2 Å². The quantitative estimate of drug-likeness (QED) is 0.375. The van der Waals surface area contributed by atoms with Crippen molar-refractivity contribution >= 4 is 22.3 Å². The van der Waals surface area contributed by atoms with Crippen LogP contribution in [0.25, 0.3) is 22.3 Å². The number of hydrogen-bond acceptors (Lipinski definition) is 7. The van der Waals surface area contributed by atoms with Crippen LogP contribution in [-0.2, 0) is 13.2 Å². The van der Waals surface area contributed by atoms with Crippen molar-refractivity contribution in [2.75, 3.05) is 6.61 Å². The Balaban J connectivity index is 1.48. The van der Waals surface area contributed by atoms with Gasteiger partial charge < -0.3 is 9.47 Å². The van der Waals surface area contributed by atoms with Gasteiger partial charge in [0.2, 0.25) is 0 Å². The monoisotopic (exact) mass is 495 g/mol. The van der Waals surface area contributed by atoms with Crippen LogP contribution in [0.4, 0.5) is 0 Å². The Morgan fingerprint density at radius 2 is 2.03 bits per heavy atom. The summed E-state index contributed by atoms with van der Waals surface area (Å²) < 4.78 is 18.9. The maximum absolute atomic E-state index is 11.7. The van der Waals surface area contributed by atoms with E-state index in [-0.39, 0.29) is 0 Å². The average molecular weight is 496 g/mol. The van der Waals surface area contributed by atoms with Crippen molar-refractivity contribution in [1.29, 1.82) is 0 Å². The number of fused-ring (bicyclic) bond motifs is 3. The number of imidazole rings is 1. The lowest BCUT2D eigenvalue weighted by atomic mass is 9.89. The number of benzene rings is 2. The van der Waals surface area contributed by atoms with E-state index in [1.165, 1.54) is 0 Å². The Bertz CT molecular complexity index is 1730. The predicted octanol–water partition coefficient (Wildman–Crippen LogP) is 4.73. The Morgan fingerprint density at radius 1 is 1.16 bits per heavy atom. The van der Waals surface area contributed by atoms with Crippen molar-refractivity contribution in [1.82, 2.24) is 24.7 Å². The highest BCUT2D eigenvalue weighted by atomic mass is 16.5. The Labute approximate surface area is 212 Å². The summed E-state index contributed by atoms with van der Waals surface area (Å²) in [7, 11) is 0. The maximum atomic E-state index is 11.7. The molecule has 0 spiro atoms. The highest BCUT2D eigenvalue weighted by Crippen LogP contribution is 2.40. The number of H-pyrrole nitrogens is 1. The van der Waals surface area contributed by atoms with E-state index >= 15 is 0 Å². The Kier molecular flexibility index (Phi) is 5.60. The summed E-state index contributed by atoms with van der Waals surface area (Å²) in [5.41, 5.74) is 8.39. The number of rotatable bonds is 5. The zero-order valence-electron chi connectivity index (χ0n) is 20.7. The third-order valence-electron chi connectivity index (χ3n) is 6.56. The van der Waals surface area contributed by atoms with Crippen molar-refractivity contribution in [2.45, 2.75) is 33.9 Å². The summed E-state index contributed by atoms with van der Waals surface area (Å²) in [6.45, 7) is 7.33. The van der Waals surface area contributed by atoms with Crippen LogP contribution in [-0.4, -0.2) is 31.3 Å². The number of pyridine rings is 1. The first-order valence-electron chi connectivity index (χ1n) is 12.1. The molecule has 0 radical (unpaired) electrons. The second-order valence-electron chi connectivity index (χ2n) is 8.93. The average Bonchev–Trinajstić information content (AvgIpc) is 3.44. The fraction of sp³-hybridized carbons (Fsp3) is 0.214. The van der Waals surface area contributed by atoms with Crippen LogP contribution in [0, 0.1) is 6.92 Å². The molecule has 1 N–H and O–H groups in total. The number of allylic oxidation sites excluding steroid dienone is 1. The van der Waals surface area contributed by atoms with E-state index in [4.69, 9.17) is 19.0 Å². The Morgan fingerprint density at radius 3 is 2.84 bits per heavy atom. The van der Waals surface area contributed by atoms with E-state index < -0.39 is 5.76 Å². The lowest BCUT2D eigenvalue weighted by Gasteiger charge is -2.15. The minimum Gasteiger partial charge on any atom is -0.488 e. The van der Waals surface area contributed by atoms with E-state index in [0.717, 1.165) is 55.9 Å². The number of aryl methyl sites for hydroxylation is 1. The fourth-order valence-corrected chi connectivity index (χ4v) is 4.81. The second kappa shape index (κ2) is 9.09. The van der Waals surface area contributed by atoms with Gasteiger partial charge in [-0.05, 0) is 66.8 Å². The molecule has 4 heterocycles. The van der Waals surface area contributed by atoms with Crippen LogP contribution in [0.2, 0.25) is 0 Å². The molecule has 0 unspecified atom stereocenters. The van der Waals surface area contributed by atoms with Gasteiger partial charge in [0, 0.05) is 17.3 Å². The molecule has 0 saturated heterocycles. The van der Waals surface area contributed by atoms with Gasteiger partial charge in [-0.2, -0.15) is 4.98 Å². The molecule has 3 aromatic heterocycles. The van der Waals surface area contributed by atoms with E-state index in [2.05, 4.69) is 33.3 Å². The molecule has 0 fully saturated rings. The number of nitrogens with zero attached hydrogens (tertiary/aromatic N) is 4. The van der Waals surface area contributed by atoms with Gasteiger partial charge in [-0.1, -0.05) is 35.5 Å². The second-order valence-corrected chi connectivity index (χ2v) is 8.93. The molecule has 0 bridgehead atoms. The molecule has 1 aliphatic rings. The molecular weight excluding hydrogens is 470 g/mol. The van der Waals surface area contributed by atoms with E-state index in [9.17, 15) is 4.79 Å². The highest BCUT2D eigenvalue weighted by molar-refractivity contribution is 5.99. The van der Waals surface area contributed by atoms with Gasteiger partial charge in [0.1, 0.15) is 17.9 Å². The van der Waals surface area contributed by atoms with Crippen molar-refractivity contribution in [3.8, 4) is 11.8 Å². The van der Waals surface area contributed by atoms with Crippen molar-refractivity contribution in [3.63, 3.8) is 0 Å². The van der Waals surface area contributed by atoms with E-state index in [0.29, 0.717) is 31.6 Å². The molecule has 1 aliphatic heterocycles. The van der Waals surface area contributed by atoms with Gasteiger partial charge in [0.05, 0.1) is 13.2 Å². The van der Waals surface area contributed by atoms with E-state index in [1.54, 1.807) is 6.20 Å². The molecule has 186 valence electrons. The molecule has 0 amide bonds. The summed E-state index contributed by atoms with van der Waals surface area (Å²) in [5.74, 6) is 0.559. The number of aromatic amines is 1. The predicted molar refractivity (Wildman–Crippen MR) is 138 cm³/mol. The first-order chi connectivity index (χ1) is 18.0. The minimum absolute atomic E-state index is 0.388. The van der Waals surface area contributed by atoms with Gasteiger partial charge in [0.25, 0.3) is 6.01 Å². The molecule has 9 nitrogen and oxygen atoms in total. The molecule has 0 saturated carbocycles. The summed E-state index contributed by atoms with van der Waals surface area (Å²) in [4.78, 5) is 23.6. The number of nitrogens with one attached hydrogen (secondary N) is 1. The lowest BCUT2D eigenvalue weighted by Crippen LogP contribution is -2.07. The number of para-hydroxylation sites is 1. The van der Waals surface area contributed by atoms with Gasteiger partial charge in [-0.25, -0.2) is 9.78 Å². The largest absolute Gasteiger partial charge is 0.488 e. The SMILES string of the molecule is CCOc1nc2c(C)ccnc2n1Cc1ccc2c(c1)COc1ccccc1/C2=C(/C)c1noc(=O)[nH]1. The molecular formula is C28H25N5O4. The number of ether oxygens (including phenoxy) is 2. The number of aromatic nitrogens is 5. The van der Waals surface area contributed by atoms with E-state index in [1.807, 2.05) is 55.7 Å². The summed E-state index contributed by atoms with van der Waals surface area (Å²) in [6.07, 6.45) is 1.79. The minimum atomic E-state index is -0.592. The van der Waals surface area contributed by atoms with Gasteiger partial charge in [0.15, 0.2) is 11.5 Å². The molecule has 5 aromatic rings. The summed E-state index contributed by atoms with van der Waals surface area (Å²) in [5, 5.41) is 3.93. The van der Waals surface area contributed by atoms with Crippen LogP contribution in [0.15, 0.2) is 64.0 Å². The summed E-state index contributed by atoms with van der Waals surface area (Å²) in [6, 6.07) is 16.7. The van der Waals surface area contributed by atoms with Gasteiger partial charge in [-0.3, -0.25) is 14.1 Å². The normalized spacial score (nSPS) is 14.0. The van der Waals surface area contributed by atoms with Crippen LogP contribution >= 0.6 is 0 Å². The first kappa shape index (κ1) is 22.8. The zero-order chi connectivity index (χ0) is 25.5. The smallest absolute Gasteiger partial charge is 0.439 e. The van der Waals surface area contributed by atoms with Crippen molar-refractivity contribution in [2.24, 2.45) is 0 Å². The molecule has 0 aliphatic carbocycles. The highest BCUT2D eigenvalue weighted by Gasteiger charge is 2.24. The Hall–Kier alpha value is -4.66. The van der Waals surface area contributed by atoms with Crippen molar-refractivity contribution < 1.29 is 14.0 Å². The topological polar surface area (TPSA) is 108 Å². The fourth-order valence-electron chi connectivity index (χ4n) is 4.81. The first-order valence-corrected chi connectivity index (χ1v) is 12.1. The maximum Gasteiger partial charge on any atom is 0.439 e. The standard InChI is InChI=1S/C28H25N5O4/c1-4-35-27-30-24-16(2)11-12-29-26(24)33(27)14-18-9-10-20-19(13-18)15-36-22-8-6-5-7-21(22)23(20)17(3)25-31-28(34)37-32-25/h5-13H,4,14-15H2,1-3H3,(H,31,32,34)/b23-17-. The van der Waals surface area contributed by atoms with Crippen molar-refractivity contribution in [3.05, 3.63) is 98.9 Å². The molecule has 2 aromatic carbocycles. The number of hydrogen-bond donors (Lipinski definition) is 1. The van der Waals surface area contributed by atoms with Gasteiger partial charge >= 0.3 is 5.76 Å². The molecule has 37 heavy (non-hydrogen) atoms. The zero-order valence-corrected chi connectivity index (χ0v) is 20.7. The summed E-state index contributed by atoms with van der Waals surface area (Å²) >= 11 is 0. The van der Waals surface area contributed by atoms with Crippen LogP contribution in [0.1, 0.15) is 47.5 Å². The molecule has 9 heteroatoms. The third-order valence-corrected chi connectivity index (χ3v) is 6.56. The van der Waals surface area contributed by atoms with Crippen LogP contribution in [0.3, 0.4) is 0 Å².